The fraction of sp³-hybridized carbons (Fsp3) is 0.118. The first-order valence-electron chi connectivity index (χ1n) is 7.97. The summed E-state index contributed by atoms with van der Waals surface area (Å²) < 4.78 is 45.2. The molecule has 0 N–H and O–H groups in total. The average Bonchev–Trinajstić information content (AvgIpc) is 3.36. The number of aromatic nitrogens is 6. The largest absolute Gasteiger partial charge is 0.416 e. The van der Waals surface area contributed by atoms with Crippen molar-refractivity contribution >= 4 is 11.8 Å². The van der Waals surface area contributed by atoms with Crippen molar-refractivity contribution in [1.29, 1.82) is 0 Å². The highest BCUT2D eigenvalue weighted by atomic mass is 32.2. The van der Waals surface area contributed by atoms with E-state index in [1.165, 1.54) is 28.6 Å². The summed E-state index contributed by atoms with van der Waals surface area (Å²) >= 11 is 1.17. The lowest BCUT2D eigenvalue weighted by Gasteiger charge is -2.09. The van der Waals surface area contributed by atoms with Crippen molar-refractivity contribution in [2.24, 2.45) is 0 Å². The molecule has 0 aliphatic heterocycles. The van der Waals surface area contributed by atoms with Crippen LogP contribution < -0.4 is 0 Å². The molecule has 0 saturated heterocycles. The minimum atomic E-state index is -4.45. The lowest BCUT2D eigenvalue weighted by molar-refractivity contribution is -0.137. The maximum absolute atomic E-state index is 12.9. The summed E-state index contributed by atoms with van der Waals surface area (Å²) in [5.74, 6) is 1.07. The third kappa shape index (κ3) is 3.88. The van der Waals surface area contributed by atoms with Crippen molar-refractivity contribution in [3.8, 4) is 17.1 Å². The SMILES string of the molecule is FC(F)(F)c1cccc(-n2nnnc2SCc2nc(-c3ccccc3)no2)c1. The predicted octanol–water partition coefficient (Wildman–Crippen LogP) is 4.02. The zero-order chi connectivity index (χ0) is 19.6. The molecular weight excluding hydrogens is 393 g/mol. The highest BCUT2D eigenvalue weighted by Gasteiger charge is 2.30. The van der Waals surface area contributed by atoms with Gasteiger partial charge in [0.2, 0.25) is 16.9 Å². The van der Waals surface area contributed by atoms with Crippen molar-refractivity contribution < 1.29 is 17.7 Å². The van der Waals surface area contributed by atoms with Crippen LogP contribution in [-0.2, 0) is 11.9 Å². The molecule has 0 bridgehead atoms. The number of rotatable bonds is 5. The molecule has 4 rings (SSSR count). The Morgan fingerprint density at radius 3 is 2.64 bits per heavy atom. The highest BCUT2D eigenvalue weighted by molar-refractivity contribution is 7.98. The van der Waals surface area contributed by atoms with Gasteiger partial charge in [0.1, 0.15) is 0 Å². The molecule has 28 heavy (non-hydrogen) atoms. The lowest BCUT2D eigenvalue weighted by atomic mass is 10.2. The highest BCUT2D eigenvalue weighted by Crippen LogP contribution is 2.31. The Morgan fingerprint density at radius 1 is 1.04 bits per heavy atom. The molecule has 0 amide bonds. The average molecular weight is 404 g/mol. The van der Waals surface area contributed by atoms with E-state index in [1.54, 1.807) is 0 Å². The van der Waals surface area contributed by atoms with Crippen molar-refractivity contribution in [3.05, 3.63) is 66.1 Å². The van der Waals surface area contributed by atoms with Crippen LogP contribution in [0, 0.1) is 0 Å². The number of hydrogen-bond donors (Lipinski definition) is 0. The van der Waals surface area contributed by atoms with Crippen LogP contribution in [-0.4, -0.2) is 30.3 Å². The molecule has 4 aromatic rings. The van der Waals surface area contributed by atoms with Gasteiger partial charge in [0.25, 0.3) is 0 Å². The number of benzene rings is 2. The van der Waals surface area contributed by atoms with Gasteiger partial charge in [0.15, 0.2) is 0 Å². The molecule has 0 radical (unpaired) electrons. The van der Waals surface area contributed by atoms with Crippen molar-refractivity contribution in [2.75, 3.05) is 0 Å². The molecule has 0 spiro atoms. The first-order valence-corrected chi connectivity index (χ1v) is 8.96. The number of nitrogens with zero attached hydrogens (tertiary/aromatic N) is 6. The molecule has 0 saturated carbocycles. The third-order valence-corrected chi connectivity index (χ3v) is 4.59. The summed E-state index contributed by atoms with van der Waals surface area (Å²) in [6.07, 6.45) is -4.45. The van der Waals surface area contributed by atoms with E-state index in [0.717, 1.165) is 17.7 Å². The zero-order valence-corrected chi connectivity index (χ0v) is 14.9. The molecule has 7 nitrogen and oxygen atoms in total. The molecule has 0 fully saturated rings. The van der Waals surface area contributed by atoms with Gasteiger partial charge in [-0.15, -0.1) is 5.10 Å². The smallest absolute Gasteiger partial charge is 0.338 e. The van der Waals surface area contributed by atoms with Crippen LogP contribution >= 0.6 is 11.8 Å². The first kappa shape index (κ1) is 18.2. The minimum Gasteiger partial charge on any atom is -0.338 e. The van der Waals surface area contributed by atoms with Gasteiger partial charge in [-0.2, -0.15) is 22.8 Å². The molecule has 0 aliphatic carbocycles. The van der Waals surface area contributed by atoms with Crippen molar-refractivity contribution in [1.82, 2.24) is 30.3 Å². The molecule has 11 heteroatoms. The molecular formula is C17H11F3N6OS. The predicted molar refractivity (Wildman–Crippen MR) is 93.5 cm³/mol. The Bertz CT molecular complexity index is 1080. The quantitative estimate of drug-likeness (QED) is 0.465. The van der Waals surface area contributed by atoms with Crippen LogP contribution in [0.3, 0.4) is 0 Å². The monoisotopic (exact) mass is 404 g/mol. The van der Waals surface area contributed by atoms with Gasteiger partial charge < -0.3 is 4.52 Å². The fourth-order valence-corrected chi connectivity index (χ4v) is 3.12. The van der Waals surface area contributed by atoms with E-state index < -0.39 is 11.7 Å². The number of alkyl halides is 3. The van der Waals surface area contributed by atoms with E-state index in [4.69, 9.17) is 4.52 Å². The molecule has 2 heterocycles. The van der Waals surface area contributed by atoms with E-state index in [-0.39, 0.29) is 11.4 Å². The second kappa shape index (κ2) is 7.43. The molecule has 2 aromatic carbocycles. The van der Waals surface area contributed by atoms with Crippen LogP contribution in [0.5, 0.6) is 0 Å². The Balaban J connectivity index is 1.51. The maximum Gasteiger partial charge on any atom is 0.416 e. The maximum atomic E-state index is 12.9. The van der Waals surface area contributed by atoms with E-state index in [2.05, 4.69) is 25.7 Å². The Kier molecular flexibility index (Phi) is 4.82. The van der Waals surface area contributed by atoms with Crippen molar-refractivity contribution in [3.63, 3.8) is 0 Å². The fourth-order valence-electron chi connectivity index (χ4n) is 2.39. The normalized spacial score (nSPS) is 11.7. The van der Waals surface area contributed by atoms with Crippen LogP contribution in [0.4, 0.5) is 13.2 Å². The van der Waals surface area contributed by atoms with Crippen LogP contribution in [0.2, 0.25) is 0 Å². The van der Waals surface area contributed by atoms with Gasteiger partial charge in [0.05, 0.1) is 17.0 Å². The first-order chi connectivity index (χ1) is 13.5. The van der Waals surface area contributed by atoms with Gasteiger partial charge >= 0.3 is 6.18 Å². The van der Waals surface area contributed by atoms with Gasteiger partial charge in [-0.3, -0.25) is 0 Å². The number of tetrazole rings is 1. The molecule has 0 atom stereocenters. The molecule has 2 aromatic heterocycles. The lowest BCUT2D eigenvalue weighted by Crippen LogP contribution is -2.07. The summed E-state index contributed by atoms with van der Waals surface area (Å²) in [6, 6.07) is 14.1. The van der Waals surface area contributed by atoms with Gasteiger partial charge in [-0.25, -0.2) is 0 Å². The third-order valence-electron chi connectivity index (χ3n) is 3.68. The topological polar surface area (TPSA) is 82.5 Å². The number of hydrogen-bond acceptors (Lipinski definition) is 7. The van der Waals surface area contributed by atoms with Gasteiger partial charge in [-0.1, -0.05) is 53.3 Å². The Hall–Kier alpha value is -3.21. The van der Waals surface area contributed by atoms with E-state index >= 15 is 0 Å². The molecule has 142 valence electrons. The van der Waals surface area contributed by atoms with E-state index in [9.17, 15) is 13.2 Å². The molecule has 0 unspecified atom stereocenters. The summed E-state index contributed by atoms with van der Waals surface area (Å²) in [4.78, 5) is 4.30. The number of thioether (sulfide) groups is 1. The molecule has 0 aliphatic rings. The summed E-state index contributed by atoms with van der Waals surface area (Å²) in [5.41, 5.74) is 0.245. The van der Waals surface area contributed by atoms with Crippen LogP contribution in [0.25, 0.3) is 17.1 Å². The van der Waals surface area contributed by atoms with Gasteiger partial charge in [0, 0.05) is 5.56 Å². The standard InChI is InChI=1S/C17H11F3N6OS/c18-17(19,20)12-7-4-8-13(9-12)26-16(22-24-25-26)28-10-14-21-15(23-27-14)11-5-2-1-3-6-11/h1-9H,10H2. The van der Waals surface area contributed by atoms with Crippen LogP contribution in [0.15, 0.2) is 64.3 Å². The van der Waals surface area contributed by atoms with Crippen molar-refractivity contribution in [2.45, 2.75) is 17.1 Å². The zero-order valence-electron chi connectivity index (χ0n) is 14.0. The minimum absolute atomic E-state index is 0.206. The number of halogens is 3. The Morgan fingerprint density at radius 2 is 1.86 bits per heavy atom. The Labute approximate surface area is 160 Å². The van der Waals surface area contributed by atoms with Gasteiger partial charge in [-0.05, 0) is 28.6 Å². The summed E-state index contributed by atoms with van der Waals surface area (Å²) in [6.45, 7) is 0. The van der Waals surface area contributed by atoms with E-state index in [1.807, 2.05) is 30.3 Å². The summed E-state index contributed by atoms with van der Waals surface area (Å²) in [7, 11) is 0. The van der Waals surface area contributed by atoms with Crippen LogP contribution in [0.1, 0.15) is 11.5 Å². The second-order valence-electron chi connectivity index (χ2n) is 5.59. The summed E-state index contributed by atoms with van der Waals surface area (Å²) in [5, 5.41) is 15.4. The second-order valence-corrected chi connectivity index (χ2v) is 6.53. The van der Waals surface area contributed by atoms with E-state index in [0.29, 0.717) is 16.9 Å².